The second-order valence-corrected chi connectivity index (χ2v) is 6.63. The van der Waals surface area contributed by atoms with Crippen molar-refractivity contribution in [3.63, 3.8) is 0 Å². The largest absolute Gasteiger partial charge is 0.480 e. The van der Waals surface area contributed by atoms with Crippen LogP contribution in [0.3, 0.4) is 0 Å². The van der Waals surface area contributed by atoms with Gasteiger partial charge in [0, 0.05) is 23.8 Å². The molecule has 1 atom stereocenters. The number of rotatable bonds is 8. The van der Waals surface area contributed by atoms with E-state index in [2.05, 4.69) is 20.3 Å². The molecule has 3 aromatic rings. The molecule has 7 N–H and O–H groups in total. The number of guanidine groups is 1. The number of nitrogens with one attached hydrogen (secondary N) is 2. The maximum atomic E-state index is 12.3. The number of hydrogen-bond acceptors (Lipinski definition) is 5. The second kappa shape index (κ2) is 10.9. The number of aryl methyl sites for hydroxylation is 1. The number of hydrogen-bond donors (Lipinski definition) is 5. The molecule has 0 saturated heterocycles. The first-order valence-electron chi connectivity index (χ1n) is 10.1. The fraction of sp³-hybridized carbons (Fsp3) is 0.333. The summed E-state index contributed by atoms with van der Waals surface area (Å²) in [5.74, 6) is -0.990. The van der Waals surface area contributed by atoms with Crippen molar-refractivity contribution < 1.29 is 9.90 Å². The molecule has 166 valence electrons. The van der Waals surface area contributed by atoms with Gasteiger partial charge >= 0.3 is 11.7 Å². The molecule has 31 heavy (non-hydrogen) atoms. The van der Waals surface area contributed by atoms with Crippen molar-refractivity contribution in [2.45, 2.75) is 33.2 Å². The molecule has 0 saturated carbocycles. The molecule has 0 bridgehead atoms. The molecule has 0 aliphatic heterocycles. The summed E-state index contributed by atoms with van der Waals surface area (Å²) in [5, 5.41) is 13.3. The van der Waals surface area contributed by atoms with E-state index in [4.69, 9.17) is 11.5 Å². The van der Waals surface area contributed by atoms with Gasteiger partial charge < -0.3 is 26.9 Å². The van der Waals surface area contributed by atoms with Crippen LogP contribution in [0.5, 0.6) is 0 Å². The summed E-state index contributed by atoms with van der Waals surface area (Å²) in [6, 6.07) is 7.76. The highest BCUT2D eigenvalue weighted by molar-refractivity contribution is 5.77. The molecule has 1 aromatic carbocycles. The van der Waals surface area contributed by atoms with Gasteiger partial charge in [-0.05, 0) is 43.7 Å². The van der Waals surface area contributed by atoms with E-state index in [-0.39, 0.29) is 5.96 Å². The van der Waals surface area contributed by atoms with Crippen LogP contribution in [0.2, 0.25) is 0 Å². The maximum absolute atomic E-state index is 12.3. The zero-order valence-electron chi connectivity index (χ0n) is 17.9. The summed E-state index contributed by atoms with van der Waals surface area (Å²) in [6.07, 6.45) is 2.30. The Hall–Kier alpha value is -3.66. The van der Waals surface area contributed by atoms with Gasteiger partial charge in [-0.3, -0.25) is 14.4 Å². The van der Waals surface area contributed by atoms with Crippen LogP contribution in [0.15, 0.2) is 46.3 Å². The van der Waals surface area contributed by atoms with Crippen LogP contribution in [0.1, 0.15) is 37.6 Å². The number of carboxylic acid groups (broad SMARTS) is 1. The maximum Gasteiger partial charge on any atom is 0.354 e. The molecule has 0 amide bonds. The lowest BCUT2D eigenvalue weighted by molar-refractivity contribution is -0.139. The van der Waals surface area contributed by atoms with Crippen LogP contribution >= 0.6 is 0 Å². The minimum absolute atomic E-state index is 0.00749. The van der Waals surface area contributed by atoms with E-state index in [1.807, 2.05) is 26.8 Å². The lowest BCUT2D eigenvalue weighted by Crippen LogP contribution is -2.30. The third-order valence-electron chi connectivity index (χ3n) is 4.37. The lowest BCUT2D eigenvalue weighted by atomic mass is 10.1. The molecule has 0 aliphatic rings. The molecular weight excluding hydrogens is 398 g/mol. The number of fused-ring (bicyclic) bond motifs is 1. The summed E-state index contributed by atoms with van der Waals surface area (Å²) < 4.78 is 1.43. The summed E-state index contributed by atoms with van der Waals surface area (Å²) in [4.78, 5) is 34.9. The standard InChI is InChI=1S/C19H23N7O3.C2H6/c1-11-9-13-10-26(19(29)25-16(13)24-11)14-5-3-12(4-6-14)15(17(27)28)22-7-2-8-23-18(20)21;1-2/h3-6,9-10,15,22H,2,7-8H2,1H3,(H,27,28)(H4,20,21,23)(H,24,25,29);1-2H3/t15-;/m1./s1. The Kier molecular flexibility index (Phi) is 8.33. The molecule has 0 aliphatic carbocycles. The molecular formula is C21H29N7O3. The Morgan fingerprint density at radius 2 is 1.97 bits per heavy atom. The minimum atomic E-state index is -0.998. The van der Waals surface area contributed by atoms with E-state index in [0.717, 1.165) is 11.1 Å². The van der Waals surface area contributed by atoms with Crippen LogP contribution < -0.4 is 22.5 Å². The first-order chi connectivity index (χ1) is 14.8. The summed E-state index contributed by atoms with van der Waals surface area (Å²) in [6.45, 7) is 6.74. The van der Waals surface area contributed by atoms with Gasteiger partial charge in [0.05, 0.1) is 5.69 Å². The SMILES string of the molecule is CC.Cc1cc2cn(-c3ccc([C@@H](NCCCN=C(N)N)C(=O)O)cc3)c(=O)nc2[nH]1. The number of nitrogens with zero attached hydrogens (tertiary/aromatic N) is 3. The minimum Gasteiger partial charge on any atom is -0.480 e. The van der Waals surface area contributed by atoms with Crippen molar-refractivity contribution >= 4 is 23.0 Å². The van der Waals surface area contributed by atoms with Gasteiger partial charge in [0.2, 0.25) is 0 Å². The lowest BCUT2D eigenvalue weighted by Gasteiger charge is -2.15. The van der Waals surface area contributed by atoms with Crippen molar-refractivity contribution in [1.82, 2.24) is 19.9 Å². The smallest absolute Gasteiger partial charge is 0.354 e. The van der Waals surface area contributed by atoms with E-state index >= 15 is 0 Å². The van der Waals surface area contributed by atoms with Gasteiger partial charge in [0.15, 0.2) is 5.96 Å². The molecule has 0 fully saturated rings. The van der Waals surface area contributed by atoms with Crippen molar-refractivity contribution in [1.29, 1.82) is 0 Å². The molecule has 0 spiro atoms. The number of aromatic amines is 1. The van der Waals surface area contributed by atoms with Gasteiger partial charge in [-0.1, -0.05) is 26.0 Å². The zero-order chi connectivity index (χ0) is 23.0. The van der Waals surface area contributed by atoms with Crippen molar-refractivity contribution in [2.75, 3.05) is 13.1 Å². The number of aromatic nitrogens is 3. The van der Waals surface area contributed by atoms with Crippen LogP contribution in [-0.4, -0.2) is 44.7 Å². The van der Waals surface area contributed by atoms with Gasteiger partial charge in [0.1, 0.15) is 11.7 Å². The monoisotopic (exact) mass is 427 g/mol. The van der Waals surface area contributed by atoms with Crippen LogP contribution in [0.25, 0.3) is 16.7 Å². The molecule has 0 unspecified atom stereocenters. The Morgan fingerprint density at radius 3 is 2.58 bits per heavy atom. The highest BCUT2D eigenvalue weighted by Crippen LogP contribution is 2.17. The fourth-order valence-corrected chi connectivity index (χ4v) is 3.03. The average Bonchev–Trinajstić information content (AvgIpc) is 3.10. The summed E-state index contributed by atoms with van der Waals surface area (Å²) >= 11 is 0. The Morgan fingerprint density at radius 1 is 1.29 bits per heavy atom. The number of aliphatic imine (C=N–C) groups is 1. The Balaban J connectivity index is 0.00000166. The average molecular weight is 428 g/mol. The van der Waals surface area contributed by atoms with Crippen LogP contribution in [0, 0.1) is 6.92 Å². The molecule has 2 aromatic heterocycles. The third kappa shape index (κ3) is 6.16. The number of nitrogens with two attached hydrogens (primary N) is 2. The van der Waals surface area contributed by atoms with Crippen LogP contribution in [0.4, 0.5) is 0 Å². The van der Waals surface area contributed by atoms with Crippen LogP contribution in [-0.2, 0) is 4.79 Å². The number of carbonyl (C=O) groups is 1. The van der Waals surface area contributed by atoms with Crippen molar-refractivity contribution in [3.05, 3.63) is 58.3 Å². The summed E-state index contributed by atoms with van der Waals surface area (Å²) in [5.41, 5.74) is 12.7. The van der Waals surface area contributed by atoms with E-state index in [0.29, 0.717) is 36.4 Å². The van der Waals surface area contributed by atoms with E-state index in [1.165, 1.54) is 4.57 Å². The van der Waals surface area contributed by atoms with E-state index in [1.54, 1.807) is 30.5 Å². The van der Waals surface area contributed by atoms with Gasteiger partial charge in [-0.2, -0.15) is 4.98 Å². The predicted molar refractivity (Wildman–Crippen MR) is 121 cm³/mol. The first-order valence-corrected chi connectivity index (χ1v) is 10.1. The quantitative estimate of drug-likeness (QED) is 0.206. The number of benzene rings is 1. The van der Waals surface area contributed by atoms with Crippen molar-refractivity contribution in [2.24, 2.45) is 16.5 Å². The van der Waals surface area contributed by atoms with E-state index in [9.17, 15) is 14.7 Å². The van der Waals surface area contributed by atoms with Gasteiger partial charge in [-0.15, -0.1) is 0 Å². The van der Waals surface area contributed by atoms with Crippen molar-refractivity contribution in [3.8, 4) is 5.69 Å². The number of H-pyrrole nitrogens is 1. The summed E-state index contributed by atoms with van der Waals surface area (Å²) in [7, 11) is 0. The van der Waals surface area contributed by atoms with E-state index < -0.39 is 17.7 Å². The topological polar surface area (TPSA) is 164 Å². The van der Waals surface area contributed by atoms with Gasteiger partial charge in [-0.25, -0.2) is 4.79 Å². The molecule has 2 heterocycles. The molecule has 3 rings (SSSR count). The Bertz CT molecular complexity index is 1100. The number of aliphatic carboxylic acids is 1. The second-order valence-electron chi connectivity index (χ2n) is 6.63. The molecule has 10 nitrogen and oxygen atoms in total. The number of carboxylic acids is 1. The third-order valence-corrected chi connectivity index (χ3v) is 4.37. The Labute approximate surface area is 180 Å². The van der Waals surface area contributed by atoms with Gasteiger partial charge in [0.25, 0.3) is 0 Å². The highest BCUT2D eigenvalue weighted by atomic mass is 16.4. The normalized spacial score (nSPS) is 11.5. The molecule has 0 radical (unpaired) electrons. The fourth-order valence-electron chi connectivity index (χ4n) is 3.03. The zero-order valence-corrected chi connectivity index (χ0v) is 17.9. The molecule has 10 heteroatoms. The predicted octanol–water partition coefficient (Wildman–Crippen LogP) is 1.43. The highest BCUT2D eigenvalue weighted by Gasteiger charge is 2.19. The first kappa shape index (κ1) is 23.6.